The Labute approximate surface area is 161 Å². The van der Waals surface area contributed by atoms with Gasteiger partial charge in [-0.3, -0.25) is 9.59 Å². The van der Waals surface area contributed by atoms with E-state index in [2.05, 4.69) is 5.32 Å². The summed E-state index contributed by atoms with van der Waals surface area (Å²) in [6, 6.07) is 12.7. The van der Waals surface area contributed by atoms with Gasteiger partial charge in [0.05, 0.1) is 11.5 Å². The number of alkyl halides is 3. The number of halogens is 3. The van der Waals surface area contributed by atoms with Crippen molar-refractivity contribution in [3.63, 3.8) is 0 Å². The van der Waals surface area contributed by atoms with Crippen LogP contribution in [0.25, 0.3) is 0 Å². The first-order chi connectivity index (χ1) is 13.2. The first-order valence-electron chi connectivity index (χ1n) is 8.99. The van der Waals surface area contributed by atoms with Gasteiger partial charge in [0.1, 0.15) is 0 Å². The molecule has 1 aliphatic heterocycles. The second-order valence-corrected chi connectivity index (χ2v) is 7.08. The molecule has 1 saturated heterocycles. The first kappa shape index (κ1) is 19.9. The maximum absolute atomic E-state index is 12.8. The molecule has 0 saturated carbocycles. The van der Waals surface area contributed by atoms with Crippen molar-refractivity contribution < 1.29 is 22.8 Å². The van der Waals surface area contributed by atoms with Gasteiger partial charge in [0.25, 0.3) is 0 Å². The summed E-state index contributed by atoms with van der Waals surface area (Å²) >= 11 is 0. The van der Waals surface area contributed by atoms with Crippen molar-refractivity contribution in [2.75, 3.05) is 6.54 Å². The summed E-state index contributed by atoms with van der Waals surface area (Å²) in [5.74, 6) is -0.916. The van der Waals surface area contributed by atoms with Crippen molar-refractivity contribution in [1.29, 1.82) is 0 Å². The van der Waals surface area contributed by atoms with Crippen LogP contribution in [-0.2, 0) is 28.9 Å². The molecule has 1 fully saturated rings. The Balaban J connectivity index is 1.55. The van der Waals surface area contributed by atoms with Crippen LogP contribution in [0.3, 0.4) is 0 Å². The highest BCUT2D eigenvalue weighted by molar-refractivity contribution is 5.89. The molecule has 0 unspecified atom stereocenters. The van der Waals surface area contributed by atoms with E-state index in [-0.39, 0.29) is 24.8 Å². The Morgan fingerprint density at radius 1 is 1.14 bits per heavy atom. The lowest BCUT2D eigenvalue weighted by atomic mass is 10.1. The predicted octanol–water partition coefficient (Wildman–Crippen LogP) is 3.68. The van der Waals surface area contributed by atoms with Crippen LogP contribution in [0, 0.1) is 12.8 Å². The van der Waals surface area contributed by atoms with E-state index in [1.54, 1.807) is 4.90 Å². The SMILES string of the molecule is Cc1ccc(CN2C[C@H](C(=O)NCc3cccc(C(F)(F)F)c3)CC2=O)cc1. The maximum Gasteiger partial charge on any atom is 0.416 e. The third kappa shape index (κ3) is 4.91. The highest BCUT2D eigenvalue weighted by atomic mass is 19.4. The number of rotatable bonds is 5. The van der Waals surface area contributed by atoms with Gasteiger partial charge in [-0.2, -0.15) is 13.2 Å². The summed E-state index contributed by atoms with van der Waals surface area (Å²) in [5.41, 5.74) is 1.73. The fraction of sp³-hybridized carbons (Fsp3) is 0.333. The summed E-state index contributed by atoms with van der Waals surface area (Å²) in [7, 11) is 0. The number of nitrogens with zero attached hydrogens (tertiary/aromatic N) is 1. The predicted molar refractivity (Wildman–Crippen MR) is 98.0 cm³/mol. The molecule has 2 aromatic carbocycles. The minimum absolute atomic E-state index is 0.00853. The van der Waals surface area contributed by atoms with E-state index in [0.29, 0.717) is 18.7 Å². The number of amides is 2. The zero-order chi connectivity index (χ0) is 20.3. The molecule has 3 rings (SSSR count). The number of carbonyl (C=O) groups is 2. The molecule has 148 valence electrons. The second-order valence-electron chi connectivity index (χ2n) is 7.08. The van der Waals surface area contributed by atoms with Gasteiger partial charge in [-0.15, -0.1) is 0 Å². The first-order valence-corrected chi connectivity index (χ1v) is 8.99. The molecule has 7 heteroatoms. The Bertz CT molecular complexity index is 863. The summed E-state index contributed by atoms with van der Waals surface area (Å²) in [6.45, 7) is 2.72. The molecule has 1 aliphatic rings. The topological polar surface area (TPSA) is 49.4 Å². The molecule has 1 heterocycles. The maximum atomic E-state index is 12.8. The number of benzene rings is 2. The minimum atomic E-state index is -4.42. The summed E-state index contributed by atoms with van der Waals surface area (Å²) in [4.78, 5) is 26.2. The number of carbonyl (C=O) groups excluding carboxylic acids is 2. The molecule has 0 aliphatic carbocycles. The van der Waals surface area contributed by atoms with Crippen LogP contribution in [-0.4, -0.2) is 23.3 Å². The molecule has 2 aromatic rings. The van der Waals surface area contributed by atoms with Gasteiger partial charge >= 0.3 is 6.18 Å². The quantitative estimate of drug-likeness (QED) is 0.847. The second kappa shape index (κ2) is 8.04. The molecule has 0 bridgehead atoms. The van der Waals surface area contributed by atoms with Crippen molar-refractivity contribution in [1.82, 2.24) is 10.2 Å². The van der Waals surface area contributed by atoms with Crippen LogP contribution >= 0.6 is 0 Å². The summed E-state index contributed by atoms with van der Waals surface area (Å²) in [5, 5.41) is 2.65. The molecule has 2 amide bonds. The number of nitrogens with one attached hydrogen (secondary N) is 1. The number of aryl methyl sites for hydroxylation is 1. The normalized spacial score (nSPS) is 17.1. The monoisotopic (exact) mass is 390 g/mol. The molecule has 0 radical (unpaired) electrons. The third-order valence-electron chi connectivity index (χ3n) is 4.80. The largest absolute Gasteiger partial charge is 0.416 e. The van der Waals surface area contributed by atoms with Gasteiger partial charge in [0, 0.05) is 26.1 Å². The smallest absolute Gasteiger partial charge is 0.352 e. The van der Waals surface area contributed by atoms with E-state index in [4.69, 9.17) is 0 Å². The van der Waals surface area contributed by atoms with Crippen molar-refractivity contribution in [2.45, 2.75) is 32.6 Å². The summed E-state index contributed by atoms with van der Waals surface area (Å²) in [6.07, 6.45) is -4.31. The highest BCUT2D eigenvalue weighted by Crippen LogP contribution is 2.29. The third-order valence-corrected chi connectivity index (χ3v) is 4.80. The van der Waals surface area contributed by atoms with Crippen molar-refractivity contribution in [3.8, 4) is 0 Å². The van der Waals surface area contributed by atoms with Crippen LogP contribution in [0.15, 0.2) is 48.5 Å². The van der Waals surface area contributed by atoms with Crippen molar-refractivity contribution in [2.24, 2.45) is 5.92 Å². The molecule has 1 atom stereocenters. The van der Waals surface area contributed by atoms with Crippen LogP contribution < -0.4 is 5.32 Å². The van der Waals surface area contributed by atoms with Gasteiger partial charge in [-0.1, -0.05) is 42.0 Å². The molecule has 0 aromatic heterocycles. The molecule has 28 heavy (non-hydrogen) atoms. The molecule has 0 spiro atoms. The van der Waals surface area contributed by atoms with Gasteiger partial charge < -0.3 is 10.2 Å². The van der Waals surface area contributed by atoms with E-state index >= 15 is 0 Å². The van der Waals surface area contributed by atoms with E-state index in [9.17, 15) is 22.8 Å². The standard InChI is InChI=1S/C21H21F3N2O2/c1-14-5-7-15(8-6-14)12-26-13-17(10-19(26)27)20(28)25-11-16-3-2-4-18(9-16)21(22,23)24/h2-9,17H,10-13H2,1H3,(H,25,28)/t17-/m1/s1. The lowest BCUT2D eigenvalue weighted by Gasteiger charge is -2.17. The fourth-order valence-corrected chi connectivity index (χ4v) is 3.21. The molecular weight excluding hydrogens is 369 g/mol. The lowest BCUT2D eigenvalue weighted by molar-refractivity contribution is -0.137. The van der Waals surface area contributed by atoms with Crippen LogP contribution in [0.2, 0.25) is 0 Å². The molecule has 1 N–H and O–H groups in total. The molecule has 4 nitrogen and oxygen atoms in total. The summed E-state index contributed by atoms with van der Waals surface area (Å²) < 4.78 is 38.3. The Morgan fingerprint density at radius 3 is 2.54 bits per heavy atom. The van der Waals surface area contributed by atoms with Gasteiger partial charge in [-0.05, 0) is 30.2 Å². The number of likely N-dealkylation sites (tertiary alicyclic amines) is 1. The molecular formula is C21H21F3N2O2. The number of hydrogen-bond acceptors (Lipinski definition) is 2. The minimum Gasteiger partial charge on any atom is -0.352 e. The van der Waals surface area contributed by atoms with Crippen molar-refractivity contribution in [3.05, 3.63) is 70.8 Å². The zero-order valence-electron chi connectivity index (χ0n) is 15.4. The van der Waals surface area contributed by atoms with Crippen LogP contribution in [0.4, 0.5) is 13.2 Å². The lowest BCUT2D eigenvalue weighted by Crippen LogP contribution is -2.32. The Hall–Kier alpha value is -2.83. The Morgan fingerprint density at radius 2 is 1.86 bits per heavy atom. The average molecular weight is 390 g/mol. The van der Waals surface area contributed by atoms with Gasteiger partial charge in [-0.25, -0.2) is 0 Å². The van der Waals surface area contributed by atoms with E-state index in [0.717, 1.165) is 23.3 Å². The van der Waals surface area contributed by atoms with Gasteiger partial charge in [0.2, 0.25) is 11.8 Å². The van der Waals surface area contributed by atoms with E-state index in [1.807, 2.05) is 31.2 Å². The van der Waals surface area contributed by atoms with E-state index in [1.165, 1.54) is 12.1 Å². The fourth-order valence-electron chi connectivity index (χ4n) is 3.21. The van der Waals surface area contributed by atoms with E-state index < -0.39 is 17.7 Å². The van der Waals surface area contributed by atoms with Crippen LogP contribution in [0.5, 0.6) is 0 Å². The van der Waals surface area contributed by atoms with Crippen molar-refractivity contribution >= 4 is 11.8 Å². The van der Waals surface area contributed by atoms with Gasteiger partial charge in [0.15, 0.2) is 0 Å². The average Bonchev–Trinajstić information content (AvgIpc) is 3.02. The highest BCUT2D eigenvalue weighted by Gasteiger charge is 2.34. The Kier molecular flexibility index (Phi) is 5.72. The number of hydrogen-bond donors (Lipinski definition) is 1. The van der Waals surface area contributed by atoms with Crippen LogP contribution in [0.1, 0.15) is 28.7 Å². The zero-order valence-corrected chi connectivity index (χ0v) is 15.4.